The zero-order valence-corrected chi connectivity index (χ0v) is 14.8. The van der Waals surface area contributed by atoms with E-state index in [1.807, 2.05) is 0 Å². The molecule has 1 N–H and O–H groups in total. The first kappa shape index (κ1) is 17.6. The topological polar surface area (TPSA) is 20.2 Å². The average molecular weight is 328 g/mol. The van der Waals surface area contributed by atoms with Gasteiger partial charge in [-0.1, -0.05) is 12.8 Å². The van der Waals surface area contributed by atoms with Crippen LogP contribution >= 0.6 is 0 Å². The van der Waals surface area contributed by atoms with Crippen LogP contribution in [0.3, 0.4) is 0 Å². The lowest BCUT2D eigenvalue weighted by molar-refractivity contribution is -0.111. The summed E-state index contributed by atoms with van der Waals surface area (Å²) in [5.41, 5.74) is 0. The highest BCUT2D eigenvalue weighted by molar-refractivity contribution is 5.00. The molecule has 6 atom stereocenters. The molecule has 134 valence electrons. The van der Waals surface area contributed by atoms with Crippen molar-refractivity contribution in [1.29, 1.82) is 0 Å². The lowest BCUT2D eigenvalue weighted by Crippen LogP contribution is -2.46. The van der Waals surface area contributed by atoms with Crippen LogP contribution in [0.4, 0.5) is 8.78 Å². The van der Waals surface area contributed by atoms with Crippen LogP contribution in [0.15, 0.2) is 0 Å². The van der Waals surface area contributed by atoms with Gasteiger partial charge < -0.3 is 5.11 Å². The Morgan fingerprint density at radius 1 is 0.783 bits per heavy atom. The van der Waals surface area contributed by atoms with Crippen LogP contribution < -0.4 is 0 Å². The first-order chi connectivity index (χ1) is 10.9. The van der Waals surface area contributed by atoms with Crippen molar-refractivity contribution in [2.75, 3.05) is 0 Å². The number of rotatable bonds is 0. The number of hydrogen-bond acceptors (Lipinski definition) is 1. The van der Waals surface area contributed by atoms with Crippen molar-refractivity contribution in [1.82, 2.24) is 0 Å². The normalized spacial score (nSPS) is 44.6. The highest BCUT2D eigenvalue weighted by atomic mass is 19.3. The first-order valence-corrected chi connectivity index (χ1v) is 9.93. The maximum absolute atomic E-state index is 13.6. The molecule has 0 saturated heterocycles. The summed E-state index contributed by atoms with van der Waals surface area (Å²) in [4.78, 5) is 0. The van der Waals surface area contributed by atoms with Gasteiger partial charge in [-0.15, -0.1) is 0 Å². The number of hydrogen-bond donors (Lipinski definition) is 1. The summed E-state index contributed by atoms with van der Waals surface area (Å²) in [7, 11) is 0. The molecule has 4 fully saturated rings. The van der Waals surface area contributed by atoms with Gasteiger partial charge in [0.1, 0.15) is 0 Å². The van der Waals surface area contributed by atoms with Gasteiger partial charge in [-0.3, -0.25) is 0 Å². The van der Waals surface area contributed by atoms with Crippen molar-refractivity contribution in [3.8, 4) is 0 Å². The van der Waals surface area contributed by atoms with Crippen LogP contribution in [0.2, 0.25) is 0 Å². The van der Waals surface area contributed by atoms with Crippen molar-refractivity contribution >= 4 is 0 Å². The van der Waals surface area contributed by atoms with Crippen molar-refractivity contribution in [3.05, 3.63) is 0 Å². The van der Waals surface area contributed by atoms with E-state index in [0.29, 0.717) is 11.8 Å². The molecule has 0 aromatic heterocycles. The molecule has 4 rings (SSSR count). The van der Waals surface area contributed by atoms with Crippen LogP contribution in [0.25, 0.3) is 0 Å². The van der Waals surface area contributed by atoms with Gasteiger partial charge in [-0.05, 0) is 87.9 Å². The minimum Gasteiger partial charge on any atom is -0.394 e. The first-order valence-electron chi connectivity index (χ1n) is 9.93. The molecule has 0 radical (unpaired) electrons. The molecule has 4 aliphatic carbocycles. The highest BCUT2D eigenvalue weighted by Crippen LogP contribution is 2.59. The molecule has 0 heterocycles. The van der Waals surface area contributed by atoms with Gasteiger partial charge >= 0.3 is 0 Å². The molecule has 5 unspecified atom stereocenters. The molecule has 0 amide bonds. The van der Waals surface area contributed by atoms with E-state index in [0.717, 1.165) is 36.5 Å². The van der Waals surface area contributed by atoms with Crippen LogP contribution in [-0.4, -0.2) is 17.1 Å². The fourth-order valence-electron chi connectivity index (χ4n) is 6.42. The maximum atomic E-state index is 13.6. The molecule has 3 heteroatoms. The summed E-state index contributed by atoms with van der Waals surface area (Å²) >= 11 is 0. The van der Waals surface area contributed by atoms with Gasteiger partial charge in [0.15, 0.2) is 0 Å². The van der Waals surface area contributed by atoms with Gasteiger partial charge in [-0.2, -0.15) is 0 Å². The highest BCUT2D eigenvalue weighted by Gasteiger charge is 2.52. The molecule has 4 saturated carbocycles. The van der Waals surface area contributed by atoms with E-state index in [1.54, 1.807) is 13.8 Å². The Hall–Kier alpha value is -0.180. The Balaban J connectivity index is 0.000000354. The van der Waals surface area contributed by atoms with Gasteiger partial charge in [0.2, 0.25) is 5.92 Å². The standard InChI is InChI=1S/C17H26F2.C3H8O/c18-17(19)9-8-14-12(10-17)5-7-15-13-3-1-2-11(13)4-6-16(14)15;1-3(2)4/h11-16H,1-10H2;3-4H,1-2H3/t11?,12?,13-,14?,15?,16?;/m1./s1. The summed E-state index contributed by atoms with van der Waals surface area (Å²) in [6, 6.07) is 0. The monoisotopic (exact) mass is 328 g/mol. The number of fused-ring (bicyclic) bond motifs is 5. The summed E-state index contributed by atoms with van der Waals surface area (Å²) in [6.07, 6.45) is 10.5. The van der Waals surface area contributed by atoms with E-state index in [9.17, 15) is 8.78 Å². The molecule has 23 heavy (non-hydrogen) atoms. The Bertz CT molecular complexity index is 392. The van der Waals surface area contributed by atoms with E-state index in [1.165, 1.54) is 38.5 Å². The Kier molecular flexibility index (Phi) is 5.35. The lowest BCUT2D eigenvalue weighted by atomic mass is 9.53. The number of halogens is 2. The van der Waals surface area contributed by atoms with E-state index in [2.05, 4.69) is 0 Å². The van der Waals surface area contributed by atoms with Crippen LogP contribution in [-0.2, 0) is 0 Å². The maximum Gasteiger partial charge on any atom is 0.248 e. The summed E-state index contributed by atoms with van der Waals surface area (Å²) in [5, 5.41) is 8.06. The summed E-state index contributed by atoms with van der Waals surface area (Å²) in [5.74, 6) is 2.36. The second kappa shape index (κ2) is 6.98. The second-order valence-corrected chi connectivity index (χ2v) is 8.95. The van der Waals surface area contributed by atoms with Gasteiger partial charge in [0.25, 0.3) is 0 Å². The van der Waals surface area contributed by atoms with Crippen molar-refractivity contribution in [2.24, 2.45) is 35.5 Å². The molecule has 0 spiro atoms. The van der Waals surface area contributed by atoms with Gasteiger partial charge in [-0.25, -0.2) is 8.78 Å². The minimum absolute atomic E-state index is 0.167. The Morgan fingerprint density at radius 3 is 2.00 bits per heavy atom. The fraction of sp³-hybridized carbons (Fsp3) is 1.00. The van der Waals surface area contributed by atoms with Crippen LogP contribution in [0, 0.1) is 35.5 Å². The van der Waals surface area contributed by atoms with Gasteiger partial charge in [0, 0.05) is 18.9 Å². The quantitative estimate of drug-likeness (QED) is 0.608. The molecule has 0 aromatic rings. The zero-order valence-electron chi connectivity index (χ0n) is 14.8. The largest absolute Gasteiger partial charge is 0.394 e. The molecule has 1 nitrogen and oxygen atoms in total. The number of aliphatic hydroxyl groups excluding tert-OH is 1. The average Bonchev–Trinajstić information content (AvgIpc) is 2.93. The molecular weight excluding hydrogens is 294 g/mol. The smallest absolute Gasteiger partial charge is 0.248 e. The van der Waals surface area contributed by atoms with E-state index < -0.39 is 5.92 Å². The summed E-state index contributed by atoms with van der Waals surface area (Å²) < 4.78 is 27.2. The lowest BCUT2D eigenvalue weighted by Gasteiger charge is -2.52. The number of aliphatic hydroxyl groups is 1. The second-order valence-electron chi connectivity index (χ2n) is 8.95. The molecule has 0 aromatic carbocycles. The molecule has 0 bridgehead atoms. The minimum atomic E-state index is -2.35. The summed E-state index contributed by atoms with van der Waals surface area (Å²) in [6.45, 7) is 3.44. The third kappa shape index (κ3) is 3.91. The third-order valence-corrected chi connectivity index (χ3v) is 7.12. The van der Waals surface area contributed by atoms with Crippen molar-refractivity contribution < 1.29 is 13.9 Å². The Labute approximate surface area is 140 Å². The van der Waals surface area contributed by atoms with E-state index in [-0.39, 0.29) is 18.9 Å². The van der Waals surface area contributed by atoms with E-state index in [4.69, 9.17) is 5.11 Å². The number of alkyl halides is 2. The third-order valence-electron chi connectivity index (χ3n) is 7.12. The van der Waals surface area contributed by atoms with Crippen LogP contribution in [0.1, 0.15) is 78.1 Å². The molecule has 0 aliphatic heterocycles. The van der Waals surface area contributed by atoms with E-state index >= 15 is 0 Å². The van der Waals surface area contributed by atoms with Crippen molar-refractivity contribution in [3.63, 3.8) is 0 Å². The zero-order chi connectivity index (χ0) is 16.6. The Morgan fingerprint density at radius 2 is 1.35 bits per heavy atom. The SMILES string of the molecule is CC(C)O.FC1(F)CCC2C(CCC3C2CCC2CCC[C@H]23)C1. The van der Waals surface area contributed by atoms with Gasteiger partial charge in [0.05, 0.1) is 0 Å². The van der Waals surface area contributed by atoms with Crippen molar-refractivity contribution in [2.45, 2.75) is 90.1 Å². The van der Waals surface area contributed by atoms with Crippen LogP contribution in [0.5, 0.6) is 0 Å². The molecular formula is C20H34F2O. The molecule has 4 aliphatic rings. The predicted molar refractivity (Wildman–Crippen MR) is 89.4 cm³/mol. The fourth-order valence-corrected chi connectivity index (χ4v) is 6.42. The predicted octanol–water partition coefficient (Wildman–Crippen LogP) is 5.66.